The van der Waals surface area contributed by atoms with Crippen molar-refractivity contribution in [1.29, 1.82) is 0 Å². The van der Waals surface area contributed by atoms with Crippen molar-refractivity contribution in [3.63, 3.8) is 0 Å². The van der Waals surface area contributed by atoms with Crippen LogP contribution in [0.5, 0.6) is 0 Å². The molecule has 2 aliphatic heterocycles. The van der Waals surface area contributed by atoms with Gasteiger partial charge >= 0.3 is 6.18 Å². The number of β-amino-alcohol motifs (C(OH)–C–C–N with tert-alkyl or cyclic N) is 1. The van der Waals surface area contributed by atoms with Gasteiger partial charge in [0.25, 0.3) is 5.56 Å². The number of aromatic nitrogens is 3. The fourth-order valence-corrected chi connectivity index (χ4v) is 4.09. The zero-order valence-corrected chi connectivity index (χ0v) is 17.0. The van der Waals surface area contributed by atoms with Gasteiger partial charge in [0.1, 0.15) is 11.9 Å². The molecule has 0 radical (unpaired) electrons. The van der Waals surface area contributed by atoms with Crippen molar-refractivity contribution in [2.75, 3.05) is 36.1 Å². The molecule has 2 aromatic rings. The standard InChI is InChI=1S/C20H24F3N5O3/c1-13-12-31-8-7-26(13)17-9-18(30)27-6-4-16(20(21,22)23)28(19(27)25-17)11-15(29)14-3-2-5-24-10-14/h2-3,5,9-10,13,15-16,29H,4,6-8,11-12H2,1H3. The van der Waals surface area contributed by atoms with Crippen LogP contribution in [-0.4, -0.2) is 64.2 Å². The van der Waals surface area contributed by atoms with E-state index in [4.69, 9.17) is 4.74 Å². The molecule has 0 aromatic carbocycles. The Kier molecular flexibility index (Phi) is 5.89. The molecule has 1 fully saturated rings. The van der Waals surface area contributed by atoms with Crippen molar-refractivity contribution in [1.82, 2.24) is 14.5 Å². The maximum absolute atomic E-state index is 13.9. The molecule has 0 bridgehead atoms. The van der Waals surface area contributed by atoms with Crippen LogP contribution < -0.4 is 15.4 Å². The molecule has 0 aliphatic carbocycles. The van der Waals surface area contributed by atoms with Gasteiger partial charge in [0, 0.05) is 37.1 Å². The lowest BCUT2D eigenvalue weighted by molar-refractivity contribution is -0.153. The number of halogens is 3. The highest BCUT2D eigenvalue weighted by atomic mass is 19.4. The summed E-state index contributed by atoms with van der Waals surface area (Å²) >= 11 is 0. The summed E-state index contributed by atoms with van der Waals surface area (Å²) in [5.41, 5.74) is -0.0268. The number of aliphatic hydroxyl groups excluding tert-OH is 1. The summed E-state index contributed by atoms with van der Waals surface area (Å²) in [5.74, 6) is 0.230. The first-order valence-electron chi connectivity index (χ1n) is 10.1. The zero-order valence-electron chi connectivity index (χ0n) is 17.0. The Labute approximate surface area is 176 Å². The molecular formula is C20H24F3N5O3. The molecular weight excluding hydrogens is 415 g/mol. The lowest BCUT2D eigenvalue weighted by Crippen LogP contribution is -2.54. The minimum absolute atomic E-state index is 0.0693. The molecule has 3 unspecified atom stereocenters. The van der Waals surface area contributed by atoms with Gasteiger partial charge in [-0.2, -0.15) is 18.2 Å². The lowest BCUT2D eigenvalue weighted by atomic mass is 10.1. The monoisotopic (exact) mass is 439 g/mol. The summed E-state index contributed by atoms with van der Waals surface area (Å²) in [6.07, 6.45) is -3.15. The van der Waals surface area contributed by atoms with E-state index in [0.29, 0.717) is 31.1 Å². The lowest BCUT2D eigenvalue weighted by Gasteiger charge is -2.41. The van der Waals surface area contributed by atoms with E-state index in [1.807, 2.05) is 11.8 Å². The smallest absolute Gasteiger partial charge is 0.386 e. The minimum Gasteiger partial charge on any atom is -0.386 e. The van der Waals surface area contributed by atoms with E-state index in [1.165, 1.54) is 23.0 Å². The van der Waals surface area contributed by atoms with Gasteiger partial charge in [0.2, 0.25) is 5.95 Å². The van der Waals surface area contributed by atoms with Gasteiger partial charge in [-0.25, -0.2) is 0 Å². The van der Waals surface area contributed by atoms with Crippen molar-refractivity contribution >= 4 is 11.8 Å². The van der Waals surface area contributed by atoms with Crippen LogP contribution in [0.15, 0.2) is 35.4 Å². The summed E-state index contributed by atoms with van der Waals surface area (Å²) in [4.78, 5) is 24.0. The van der Waals surface area contributed by atoms with Crippen LogP contribution in [0.25, 0.3) is 0 Å². The number of nitrogens with zero attached hydrogens (tertiary/aromatic N) is 5. The third-order valence-electron chi connectivity index (χ3n) is 5.71. The first kappa shape index (κ1) is 21.6. The molecule has 0 amide bonds. The first-order chi connectivity index (χ1) is 14.8. The maximum Gasteiger partial charge on any atom is 0.408 e. The summed E-state index contributed by atoms with van der Waals surface area (Å²) < 4.78 is 48.3. The highest BCUT2D eigenvalue weighted by Gasteiger charge is 2.47. The van der Waals surface area contributed by atoms with Crippen molar-refractivity contribution in [2.45, 2.75) is 44.3 Å². The molecule has 3 atom stereocenters. The summed E-state index contributed by atoms with van der Waals surface area (Å²) in [5, 5.41) is 10.6. The molecule has 4 heterocycles. The molecule has 8 nitrogen and oxygen atoms in total. The second kappa shape index (κ2) is 8.46. The number of morpholine rings is 1. The van der Waals surface area contributed by atoms with Gasteiger partial charge < -0.3 is 19.6 Å². The normalized spacial score (nSPS) is 22.9. The van der Waals surface area contributed by atoms with Crippen molar-refractivity contribution in [3.05, 3.63) is 46.5 Å². The second-order valence-electron chi connectivity index (χ2n) is 7.82. The van der Waals surface area contributed by atoms with E-state index < -0.39 is 23.9 Å². The summed E-state index contributed by atoms with van der Waals surface area (Å²) in [7, 11) is 0. The van der Waals surface area contributed by atoms with Crippen LogP contribution in [0, 0.1) is 0 Å². The Morgan fingerprint density at radius 3 is 2.84 bits per heavy atom. The van der Waals surface area contributed by atoms with Crippen molar-refractivity contribution in [3.8, 4) is 0 Å². The molecule has 1 saturated heterocycles. The average Bonchev–Trinajstić information content (AvgIpc) is 2.74. The van der Waals surface area contributed by atoms with Gasteiger partial charge in [-0.3, -0.25) is 14.3 Å². The Morgan fingerprint density at radius 1 is 1.35 bits per heavy atom. The molecule has 2 aromatic heterocycles. The Morgan fingerprint density at radius 2 is 2.16 bits per heavy atom. The number of aliphatic hydroxyl groups is 1. The number of ether oxygens (including phenoxy) is 1. The molecule has 0 saturated carbocycles. The van der Waals surface area contributed by atoms with Crippen LogP contribution in [0.3, 0.4) is 0 Å². The number of hydrogen-bond donors (Lipinski definition) is 1. The van der Waals surface area contributed by atoms with Crippen molar-refractivity contribution in [2.24, 2.45) is 0 Å². The molecule has 168 valence electrons. The van der Waals surface area contributed by atoms with Gasteiger partial charge in [-0.1, -0.05) is 6.07 Å². The van der Waals surface area contributed by atoms with E-state index in [0.717, 1.165) is 4.90 Å². The van der Waals surface area contributed by atoms with E-state index >= 15 is 0 Å². The largest absolute Gasteiger partial charge is 0.408 e. The van der Waals surface area contributed by atoms with Gasteiger partial charge in [-0.15, -0.1) is 0 Å². The number of hydrogen-bond acceptors (Lipinski definition) is 7. The summed E-state index contributed by atoms with van der Waals surface area (Å²) in [6, 6.07) is 2.62. The maximum atomic E-state index is 13.9. The number of fused-ring (bicyclic) bond motifs is 1. The topological polar surface area (TPSA) is 83.7 Å². The fourth-order valence-electron chi connectivity index (χ4n) is 4.09. The number of pyridine rings is 1. The summed E-state index contributed by atoms with van der Waals surface area (Å²) in [6.45, 7) is 2.81. The fraction of sp³-hybridized carbons (Fsp3) is 0.550. The minimum atomic E-state index is -4.54. The molecule has 2 aliphatic rings. The predicted molar refractivity (Wildman–Crippen MR) is 107 cm³/mol. The highest BCUT2D eigenvalue weighted by molar-refractivity contribution is 5.48. The molecule has 0 spiro atoms. The van der Waals surface area contributed by atoms with E-state index in [9.17, 15) is 23.1 Å². The van der Waals surface area contributed by atoms with E-state index in [1.54, 1.807) is 12.1 Å². The Hall–Kier alpha value is -2.66. The van der Waals surface area contributed by atoms with Gasteiger partial charge in [0.15, 0.2) is 0 Å². The average molecular weight is 439 g/mol. The van der Waals surface area contributed by atoms with Crippen LogP contribution >= 0.6 is 0 Å². The third-order valence-corrected chi connectivity index (χ3v) is 5.71. The first-order valence-corrected chi connectivity index (χ1v) is 10.1. The van der Waals surface area contributed by atoms with E-state index in [2.05, 4.69) is 9.97 Å². The molecule has 31 heavy (non-hydrogen) atoms. The predicted octanol–water partition coefficient (Wildman–Crippen LogP) is 1.74. The Bertz CT molecular complexity index is 969. The van der Waals surface area contributed by atoms with Gasteiger partial charge in [0.05, 0.1) is 31.9 Å². The zero-order chi connectivity index (χ0) is 22.2. The van der Waals surface area contributed by atoms with Crippen LogP contribution in [0.2, 0.25) is 0 Å². The Balaban J connectivity index is 1.75. The highest BCUT2D eigenvalue weighted by Crippen LogP contribution is 2.35. The van der Waals surface area contributed by atoms with Gasteiger partial charge in [-0.05, 0) is 19.4 Å². The van der Waals surface area contributed by atoms with Crippen LogP contribution in [0.4, 0.5) is 24.9 Å². The molecule has 1 N–H and O–H groups in total. The van der Waals surface area contributed by atoms with Crippen LogP contribution in [0.1, 0.15) is 25.0 Å². The van der Waals surface area contributed by atoms with Crippen molar-refractivity contribution < 1.29 is 23.0 Å². The number of rotatable bonds is 4. The third kappa shape index (κ3) is 4.38. The quantitative estimate of drug-likeness (QED) is 0.777. The van der Waals surface area contributed by atoms with E-state index in [-0.39, 0.29) is 31.5 Å². The SMILES string of the molecule is CC1COCCN1c1cc(=O)n2c(n1)N(CC(O)c1cccnc1)C(C(F)(F)F)CC2. The second-order valence-corrected chi connectivity index (χ2v) is 7.82. The molecule has 11 heteroatoms. The van der Waals surface area contributed by atoms with Crippen LogP contribution in [-0.2, 0) is 11.3 Å². The molecule has 4 rings (SSSR count). The number of anilines is 2. The number of alkyl halides is 3.